The highest BCUT2D eigenvalue weighted by molar-refractivity contribution is 6.32. The molecule has 148 valence electrons. The number of rotatable bonds is 5. The van der Waals surface area contributed by atoms with Crippen LogP contribution in [0.3, 0.4) is 0 Å². The summed E-state index contributed by atoms with van der Waals surface area (Å²) in [6, 6.07) is 6.03. The van der Waals surface area contributed by atoms with Gasteiger partial charge in [0, 0.05) is 41.4 Å². The standard InChI is InChI=1S/C21H26ClN5O/c1-14-19(13-24-26(2)21(14)28)25-18-11-16(22)12-20-17(18)6-10-27(20)9-5-15-3-7-23-8-4-15/h6,10-13,15,23,25H,3-5,7-9H2,1-2H3. The van der Waals surface area contributed by atoms with Gasteiger partial charge in [-0.3, -0.25) is 4.79 Å². The van der Waals surface area contributed by atoms with Crippen molar-refractivity contribution in [2.45, 2.75) is 32.7 Å². The maximum Gasteiger partial charge on any atom is 0.271 e. The Balaban J connectivity index is 1.62. The van der Waals surface area contributed by atoms with E-state index in [-0.39, 0.29) is 5.56 Å². The van der Waals surface area contributed by atoms with Crippen LogP contribution in [0.5, 0.6) is 0 Å². The topological polar surface area (TPSA) is 63.9 Å². The van der Waals surface area contributed by atoms with Crippen molar-refractivity contribution < 1.29 is 0 Å². The number of halogens is 1. The third-order valence-electron chi connectivity index (χ3n) is 5.74. The summed E-state index contributed by atoms with van der Waals surface area (Å²) in [5, 5.41) is 12.7. The number of nitrogens with one attached hydrogen (secondary N) is 2. The van der Waals surface area contributed by atoms with E-state index >= 15 is 0 Å². The Morgan fingerprint density at radius 3 is 2.86 bits per heavy atom. The number of anilines is 2. The highest BCUT2D eigenvalue weighted by atomic mass is 35.5. The quantitative estimate of drug-likeness (QED) is 0.684. The lowest BCUT2D eigenvalue weighted by Gasteiger charge is -2.22. The number of aromatic nitrogens is 3. The molecule has 0 unspecified atom stereocenters. The van der Waals surface area contributed by atoms with Crippen molar-refractivity contribution in [3.8, 4) is 0 Å². The molecule has 1 aliphatic heterocycles. The van der Waals surface area contributed by atoms with E-state index in [1.807, 2.05) is 12.1 Å². The van der Waals surface area contributed by atoms with Crippen LogP contribution in [0.25, 0.3) is 10.9 Å². The third-order valence-corrected chi connectivity index (χ3v) is 5.96. The van der Waals surface area contributed by atoms with Gasteiger partial charge >= 0.3 is 0 Å². The summed E-state index contributed by atoms with van der Waals surface area (Å²) < 4.78 is 3.62. The van der Waals surface area contributed by atoms with Crippen molar-refractivity contribution in [3.05, 3.63) is 51.5 Å². The number of fused-ring (bicyclic) bond motifs is 1. The molecular formula is C21H26ClN5O. The number of aryl methyl sites for hydroxylation is 2. The fraction of sp³-hybridized carbons (Fsp3) is 0.429. The fourth-order valence-corrected chi connectivity index (χ4v) is 4.19. The Labute approximate surface area is 169 Å². The zero-order valence-corrected chi connectivity index (χ0v) is 17.1. The van der Waals surface area contributed by atoms with Crippen LogP contribution in [0.4, 0.5) is 11.4 Å². The molecule has 3 aromatic rings. The van der Waals surface area contributed by atoms with Crippen LogP contribution < -0.4 is 16.2 Å². The maximum atomic E-state index is 12.2. The molecule has 0 saturated carbocycles. The van der Waals surface area contributed by atoms with Gasteiger partial charge in [0.25, 0.3) is 5.56 Å². The second-order valence-electron chi connectivity index (χ2n) is 7.61. The maximum absolute atomic E-state index is 12.2. The van der Waals surface area contributed by atoms with E-state index < -0.39 is 0 Å². The van der Waals surface area contributed by atoms with Crippen LogP contribution in [-0.4, -0.2) is 27.4 Å². The Bertz CT molecular complexity index is 1050. The molecule has 0 bridgehead atoms. The van der Waals surface area contributed by atoms with E-state index in [1.54, 1.807) is 20.2 Å². The summed E-state index contributed by atoms with van der Waals surface area (Å²) in [6.07, 6.45) is 7.49. The Morgan fingerprint density at radius 2 is 2.07 bits per heavy atom. The molecule has 0 spiro atoms. The Hall–Kier alpha value is -2.31. The molecular weight excluding hydrogens is 374 g/mol. The lowest BCUT2D eigenvalue weighted by Crippen LogP contribution is -2.28. The zero-order valence-electron chi connectivity index (χ0n) is 16.3. The van der Waals surface area contributed by atoms with Crippen molar-refractivity contribution in [2.24, 2.45) is 13.0 Å². The van der Waals surface area contributed by atoms with E-state index in [0.29, 0.717) is 16.3 Å². The van der Waals surface area contributed by atoms with Crippen LogP contribution in [-0.2, 0) is 13.6 Å². The smallest absolute Gasteiger partial charge is 0.271 e. The van der Waals surface area contributed by atoms with Crippen LogP contribution in [0, 0.1) is 12.8 Å². The van der Waals surface area contributed by atoms with Gasteiger partial charge in [-0.05, 0) is 63.4 Å². The Morgan fingerprint density at radius 1 is 1.29 bits per heavy atom. The van der Waals surface area contributed by atoms with Gasteiger partial charge in [-0.15, -0.1) is 0 Å². The van der Waals surface area contributed by atoms with Crippen molar-refractivity contribution in [1.82, 2.24) is 19.7 Å². The predicted octanol–water partition coefficient (Wildman–Crippen LogP) is 3.83. The first-order chi connectivity index (χ1) is 13.5. The summed E-state index contributed by atoms with van der Waals surface area (Å²) in [7, 11) is 1.65. The van der Waals surface area contributed by atoms with Crippen molar-refractivity contribution in [2.75, 3.05) is 18.4 Å². The van der Waals surface area contributed by atoms with Crippen LogP contribution in [0.1, 0.15) is 24.8 Å². The second-order valence-corrected chi connectivity index (χ2v) is 8.05. The first-order valence-corrected chi connectivity index (χ1v) is 10.2. The monoisotopic (exact) mass is 399 g/mol. The van der Waals surface area contributed by atoms with E-state index in [4.69, 9.17) is 11.6 Å². The van der Waals surface area contributed by atoms with Gasteiger partial charge < -0.3 is 15.2 Å². The van der Waals surface area contributed by atoms with Crippen molar-refractivity contribution in [3.63, 3.8) is 0 Å². The molecule has 1 fully saturated rings. The number of nitrogens with zero attached hydrogens (tertiary/aromatic N) is 3. The molecule has 3 heterocycles. The van der Waals surface area contributed by atoms with Gasteiger partial charge in [-0.2, -0.15) is 5.10 Å². The molecule has 0 amide bonds. The SMILES string of the molecule is Cc1c(Nc2cc(Cl)cc3c2ccn3CCC2CCNCC2)cnn(C)c1=O. The molecule has 7 heteroatoms. The minimum absolute atomic E-state index is 0.109. The summed E-state index contributed by atoms with van der Waals surface area (Å²) in [4.78, 5) is 12.2. The predicted molar refractivity (Wildman–Crippen MR) is 115 cm³/mol. The lowest BCUT2D eigenvalue weighted by molar-refractivity contribution is 0.339. The molecule has 6 nitrogen and oxygen atoms in total. The molecule has 2 aromatic heterocycles. The molecule has 2 N–H and O–H groups in total. The van der Waals surface area contributed by atoms with E-state index in [0.717, 1.165) is 42.1 Å². The molecule has 28 heavy (non-hydrogen) atoms. The molecule has 0 aliphatic carbocycles. The molecule has 1 aromatic carbocycles. The van der Waals surface area contributed by atoms with Crippen molar-refractivity contribution in [1.29, 1.82) is 0 Å². The molecule has 4 rings (SSSR count). The molecule has 0 atom stereocenters. The van der Waals surface area contributed by atoms with Gasteiger partial charge in [-0.25, -0.2) is 4.68 Å². The molecule has 0 radical (unpaired) electrons. The first-order valence-electron chi connectivity index (χ1n) is 9.82. The van der Waals surface area contributed by atoms with E-state index in [9.17, 15) is 4.79 Å². The van der Waals surface area contributed by atoms with Gasteiger partial charge in [0.1, 0.15) is 0 Å². The first kappa shape index (κ1) is 19.0. The van der Waals surface area contributed by atoms with Crippen LogP contribution in [0.15, 0.2) is 35.4 Å². The van der Waals surface area contributed by atoms with Gasteiger partial charge in [0.15, 0.2) is 0 Å². The average Bonchev–Trinajstić information content (AvgIpc) is 3.10. The summed E-state index contributed by atoms with van der Waals surface area (Å²) >= 11 is 6.42. The van der Waals surface area contributed by atoms with Gasteiger partial charge in [0.2, 0.25) is 0 Å². The van der Waals surface area contributed by atoms with E-state index in [1.165, 1.54) is 23.9 Å². The zero-order chi connectivity index (χ0) is 19.7. The van der Waals surface area contributed by atoms with Crippen molar-refractivity contribution >= 4 is 33.9 Å². The highest BCUT2D eigenvalue weighted by Crippen LogP contribution is 2.32. The van der Waals surface area contributed by atoms with E-state index in [2.05, 4.69) is 32.6 Å². The number of piperidine rings is 1. The highest BCUT2D eigenvalue weighted by Gasteiger charge is 2.15. The number of hydrogen-bond donors (Lipinski definition) is 2. The van der Waals surface area contributed by atoms with Gasteiger partial charge in [-0.1, -0.05) is 11.6 Å². The minimum atomic E-state index is -0.109. The Kier molecular flexibility index (Phi) is 5.42. The largest absolute Gasteiger partial charge is 0.353 e. The minimum Gasteiger partial charge on any atom is -0.353 e. The average molecular weight is 400 g/mol. The van der Waals surface area contributed by atoms with Crippen LogP contribution >= 0.6 is 11.6 Å². The summed E-state index contributed by atoms with van der Waals surface area (Å²) in [5.74, 6) is 0.782. The normalized spacial score (nSPS) is 15.2. The summed E-state index contributed by atoms with van der Waals surface area (Å²) in [5.41, 5.74) is 3.23. The number of hydrogen-bond acceptors (Lipinski definition) is 4. The summed E-state index contributed by atoms with van der Waals surface area (Å²) in [6.45, 7) is 5.04. The molecule has 1 saturated heterocycles. The molecule has 1 aliphatic rings. The van der Waals surface area contributed by atoms with Gasteiger partial charge in [0.05, 0.1) is 17.4 Å². The number of benzene rings is 1. The second kappa shape index (κ2) is 7.97. The third kappa shape index (κ3) is 3.80. The fourth-order valence-electron chi connectivity index (χ4n) is 3.97. The van der Waals surface area contributed by atoms with Crippen LogP contribution in [0.2, 0.25) is 5.02 Å². The lowest BCUT2D eigenvalue weighted by atomic mass is 9.95.